The van der Waals surface area contributed by atoms with E-state index in [0.29, 0.717) is 5.92 Å². The summed E-state index contributed by atoms with van der Waals surface area (Å²) in [6.45, 7) is 4.12. The van der Waals surface area contributed by atoms with E-state index >= 15 is 0 Å². The van der Waals surface area contributed by atoms with Crippen molar-refractivity contribution in [3.05, 3.63) is 28.5 Å². The molecule has 0 aliphatic heterocycles. The first-order valence-corrected chi connectivity index (χ1v) is 5.45. The van der Waals surface area contributed by atoms with Gasteiger partial charge in [0.05, 0.1) is 11.7 Å². The molecule has 4 heteroatoms. The summed E-state index contributed by atoms with van der Waals surface area (Å²) < 4.78 is 0.793. The van der Waals surface area contributed by atoms with Crippen LogP contribution in [0.5, 0.6) is 0 Å². The molecule has 0 aliphatic rings. The van der Waals surface area contributed by atoms with E-state index < -0.39 is 0 Å². The fraction of sp³-hybridized carbons (Fsp3) is 0.500. The monoisotopic (exact) mass is 257 g/mol. The molecule has 0 radical (unpaired) electrons. The van der Waals surface area contributed by atoms with E-state index in [4.69, 9.17) is 11.5 Å². The third-order valence-corrected chi connectivity index (χ3v) is 2.70. The lowest BCUT2D eigenvalue weighted by Crippen LogP contribution is -2.38. The Bertz CT molecular complexity index is 301. The summed E-state index contributed by atoms with van der Waals surface area (Å²) in [6.07, 6.45) is 0. The van der Waals surface area contributed by atoms with E-state index in [1.807, 2.05) is 18.2 Å². The van der Waals surface area contributed by atoms with Crippen molar-refractivity contribution in [1.82, 2.24) is 4.98 Å². The first kappa shape index (κ1) is 11.6. The van der Waals surface area contributed by atoms with Gasteiger partial charge in [0.2, 0.25) is 0 Å². The van der Waals surface area contributed by atoms with Crippen LogP contribution in [0.4, 0.5) is 0 Å². The number of nitrogens with two attached hydrogens (primary N) is 2. The maximum atomic E-state index is 6.00. The van der Waals surface area contributed by atoms with E-state index in [1.54, 1.807) is 0 Å². The molecule has 0 fully saturated rings. The Balaban J connectivity index is 2.83. The van der Waals surface area contributed by atoms with Crippen molar-refractivity contribution >= 4 is 15.9 Å². The van der Waals surface area contributed by atoms with Crippen LogP contribution >= 0.6 is 15.9 Å². The highest BCUT2D eigenvalue weighted by Crippen LogP contribution is 2.17. The zero-order valence-electron chi connectivity index (χ0n) is 8.44. The van der Waals surface area contributed by atoms with Crippen LogP contribution in [0.1, 0.15) is 25.6 Å². The van der Waals surface area contributed by atoms with Gasteiger partial charge in [-0.2, -0.15) is 0 Å². The molecule has 78 valence electrons. The Labute approximate surface area is 93.0 Å². The molecule has 0 aromatic carbocycles. The quantitative estimate of drug-likeness (QED) is 0.813. The molecular weight excluding hydrogens is 242 g/mol. The van der Waals surface area contributed by atoms with Crippen molar-refractivity contribution in [2.45, 2.75) is 25.9 Å². The summed E-state index contributed by atoms with van der Waals surface area (Å²) in [5.41, 5.74) is 12.8. The van der Waals surface area contributed by atoms with Gasteiger partial charge in [-0.25, -0.2) is 4.98 Å². The molecule has 2 atom stereocenters. The Kier molecular flexibility index (Phi) is 4.04. The second-order valence-electron chi connectivity index (χ2n) is 3.73. The van der Waals surface area contributed by atoms with Crippen molar-refractivity contribution in [3.8, 4) is 0 Å². The number of pyridine rings is 1. The van der Waals surface area contributed by atoms with Crippen LogP contribution in [0.3, 0.4) is 0 Å². The smallest absolute Gasteiger partial charge is 0.106 e. The Morgan fingerprint density at radius 3 is 2.43 bits per heavy atom. The van der Waals surface area contributed by atoms with Crippen LogP contribution in [-0.2, 0) is 0 Å². The van der Waals surface area contributed by atoms with E-state index in [2.05, 4.69) is 34.8 Å². The fourth-order valence-corrected chi connectivity index (χ4v) is 1.58. The van der Waals surface area contributed by atoms with Gasteiger partial charge in [0.25, 0.3) is 0 Å². The molecule has 0 saturated carbocycles. The van der Waals surface area contributed by atoms with Gasteiger partial charge in [-0.3, -0.25) is 0 Å². The lowest BCUT2D eigenvalue weighted by molar-refractivity contribution is 0.417. The molecule has 1 aromatic heterocycles. The topological polar surface area (TPSA) is 64.9 Å². The number of aromatic nitrogens is 1. The molecular formula is C10H16BrN3. The zero-order chi connectivity index (χ0) is 10.7. The Morgan fingerprint density at radius 2 is 1.93 bits per heavy atom. The number of nitrogens with zero attached hydrogens (tertiary/aromatic N) is 1. The number of rotatable bonds is 3. The summed E-state index contributed by atoms with van der Waals surface area (Å²) in [5.74, 6) is 0.353. The SMILES string of the molecule is CC(C)[C@H](N)[C@@H](N)c1cccc(Br)n1. The van der Waals surface area contributed by atoms with Crippen LogP contribution in [0.25, 0.3) is 0 Å². The summed E-state index contributed by atoms with van der Waals surface area (Å²) in [7, 11) is 0. The van der Waals surface area contributed by atoms with Crippen LogP contribution in [0.2, 0.25) is 0 Å². The van der Waals surface area contributed by atoms with E-state index in [1.165, 1.54) is 0 Å². The van der Waals surface area contributed by atoms with Gasteiger partial charge in [-0.1, -0.05) is 19.9 Å². The standard InChI is InChI=1S/C10H16BrN3/c1-6(2)9(12)10(13)7-4-3-5-8(11)14-7/h3-6,9-10H,12-13H2,1-2H3/t9-,10-/m0/s1. The molecule has 1 aromatic rings. The van der Waals surface area contributed by atoms with Gasteiger partial charge in [-0.05, 0) is 34.0 Å². The minimum atomic E-state index is -0.201. The molecule has 4 N–H and O–H groups in total. The number of hydrogen-bond acceptors (Lipinski definition) is 3. The average Bonchev–Trinajstić information content (AvgIpc) is 2.15. The molecule has 1 rings (SSSR count). The molecule has 0 saturated heterocycles. The minimum Gasteiger partial charge on any atom is -0.326 e. The second-order valence-corrected chi connectivity index (χ2v) is 4.54. The van der Waals surface area contributed by atoms with E-state index in [9.17, 15) is 0 Å². The third-order valence-electron chi connectivity index (χ3n) is 2.26. The predicted octanol–water partition coefficient (Wildman–Crippen LogP) is 1.83. The maximum absolute atomic E-state index is 6.00. The molecule has 14 heavy (non-hydrogen) atoms. The third kappa shape index (κ3) is 2.77. The van der Waals surface area contributed by atoms with Gasteiger partial charge in [-0.15, -0.1) is 0 Å². The van der Waals surface area contributed by atoms with Crippen molar-refractivity contribution in [1.29, 1.82) is 0 Å². The first-order valence-electron chi connectivity index (χ1n) is 4.66. The largest absolute Gasteiger partial charge is 0.326 e. The van der Waals surface area contributed by atoms with Crippen LogP contribution in [-0.4, -0.2) is 11.0 Å². The van der Waals surface area contributed by atoms with E-state index in [0.717, 1.165) is 10.3 Å². The summed E-state index contributed by atoms with van der Waals surface area (Å²) in [4.78, 5) is 4.29. The van der Waals surface area contributed by atoms with Crippen LogP contribution in [0.15, 0.2) is 22.8 Å². The molecule has 0 amide bonds. The van der Waals surface area contributed by atoms with Crippen molar-refractivity contribution in [2.24, 2.45) is 17.4 Å². The second kappa shape index (κ2) is 4.87. The number of halogens is 1. The van der Waals surface area contributed by atoms with Crippen molar-refractivity contribution < 1.29 is 0 Å². The van der Waals surface area contributed by atoms with Gasteiger partial charge in [0.1, 0.15) is 4.60 Å². The minimum absolute atomic E-state index is 0.0585. The van der Waals surface area contributed by atoms with Crippen molar-refractivity contribution in [3.63, 3.8) is 0 Å². The highest BCUT2D eigenvalue weighted by molar-refractivity contribution is 9.10. The lowest BCUT2D eigenvalue weighted by Gasteiger charge is -2.22. The van der Waals surface area contributed by atoms with Crippen LogP contribution in [0, 0.1) is 5.92 Å². The highest BCUT2D eigenvalue weighted by Gasteiger charge is 2.19. The summed E-state index contributed by atoms with van der Waals surface area (Å²) in [5, 5.41) is 0. The fourth-order valence-electron chi connectivity index (χ4n) is 1.22. The normalized spacial score (nSPS) is 15.6. The van der Waals surface area contributed by atoms with Gasteiger partial charge >= 0.3 is 0 Å². The molecule has 3 nitrogen and oxygen atoms in total. The predicted molar refractivity (Wildman–Crippen MR) is 61.7 cm³/mol. The van der Waals surface area contributed by atoms with Gasteiger partial charge in [0.15, 0.2) is 0 Å². The van der Waals surface area contributed by atoms with Gasteiger partial charge in [0, 0.05) is 6.04 Å². The van der Waals surface area contributed by atoms with E-state index in [-0.39, 0.29) is 12.1 Å². The van der Waals surface area contributed by atoms with Gasteiger partial charge < -0.3 is 11.5 Å². The summed E-state index contributed by atoms with van der Waals surface area (Å²) >= 11 is 3.31. The van der Waals surface area contributed by atoms with Crippen molar-refractivity contribution in [2.75, 3.05) is 0 Å². The van der Waals surface area contributed by atoms with Crippen LogP contribution < -0.4 is 11.5 Å². The number of hydrogen-bond donors (Lipinski definition) is 2. The molecule has 0 bridgehead atoms. The Hall–Kier alpha value is -0.450. The molecule has 1 heterocycles. The molecule has 0 spiro atoms. The highest BCUT2D eigenvalue weighted by atomic mass is 79.9. The average molecular weight is 258 g/mol. The summed E-state index contributed by atoms with van der Waals surface area (Å²) in [6, 6.07) is 5.43. The molecule has 0 aliphatic carbocycles. The first-order chi connectivity index (χ1) is 6.52. The lowest BCUT2D eigenvalue weighted by atomic mass is 9.95. The molecule has 0 unspecified atom stereocenters. The zero-order valence-corrected chi connectivity index (χ0v) is 10.0. The maximum Gasteiger partial charge on any atom is 0.106 e. The Morgan fingerprint density at radius 1 is 1.29 bits per heavy atom.